The van der Waals surface area contributed by atoms with Crippen LogP contribution in [0.1, 0.15) is 258 Å². The molecule has 0 saturated carbocycles. The summed E-state index contributed by atoms with van der Waals surface area (Å²) in [5.41, 5.74) is 0. The van der Waals surface area contributed by atoms with Gasteiger partial charge in [-0.05, 0) is 57.8 Å². The lowest BCUT2D eigenvalue weighted by Crippen LogP contribution is -2.66. The summed E-state index contributed by atoms with van der Waals surface area (Å²) in [6, 6.07) is -0.991. The molecule has 19 nitrogen and oxygen atoms in total. The van der Waals surface area contributed by atoms with Gasteiger partial charge in [0.1, 0.15) is 73.2 Å². The molecular formula is C68H125NO18. The third-order valence-electron chi connectivity index (χ3n) is 17.4. The molecule has 12 N–H and O–H groups in total. The van der Waals surface area contributed by atoms with Gasteiger partial charge in [0, 0.05) is 6.42 Å². The molecular weight excluding hydrogens is 1120 g/mol. The van der Waals surface area contributed by atoms with Gasteiger partial charge in [0.15, 0.2) is 18.9 Å². The first-order valence-electron chi connectivity index (χ1n) is 34.7. The quantitative estimate of drug-likeness (QED) is 0.0200. The van der Waals surface area contributed by atoms with E-state index in [-0.39, 0.29) is 18.9 Å². The summed E-state index contributed by atoms with van der Waals surface area (Å²) in [5, 5.41) is 120. The minimum Gasteiger partial charge on any atom is -0.394 e. The fraction of sp³-hybridized carbons (Fsp3) is 0.897. The van der Waals surface area contributed by atoms with E-state index in [4.69, 9.17) is 28.4 Å². The van der Waals surface area contributed by atoms with Crippen LogP contribution in [0.25, 0.3) is 0 Å². The number of nitrogens with one attached hydrogen (secondary N) is 1. The second kappa shape index (κ2) is 50.6. The van der Waals surface area contributed by atoms with Crippen LogP contribution < -0.4 is 5.32 Å². The number of aliphatic hydroxyl groups excluding tert-OH is 11. The van der Waals surface area contributed by atoms with Gasteiger partial charge in [-0.2, -0.15) is 0 Å². The van der Waals surface area contributed by atoms with E-state index in [0.717, 1.165) is 51.4 Å². The van der Waals surface area contributed by atoms with Crippen molar-refractivity contribution in [3.63, 3.8) is 0 Å². The van der Waals surface area contributed by atoms with Crippen molar-refractivity contribution in [3.8, 4) is 0 Å². The van der Waals surface area contributed by atoms with Crippen molar-refractivity contribution < 1.29 is 89.4 Å². The Morgan fingerprint density at radius 1 is 0.402 bits per heavy atom. The van der Waals surface area contributed by atoms with Crippen LogP contribution in [0.3, 0.4) is 0 Å². The van der Waals surface area contributed by atoms with Crippen LogP contribution in [0.5, 0.6) is 0 Å². The molecule has 3 aliphatic rings. The highest BCUT2D eigenvalue weighted by Gasteiger charge is 2.53. The Morgan fingerprint density at radius 2 is 0.736 bits per heavy atom. The molecule has 0 aromatic heterocycles. The first-order chi connectivity index (χ1) is 42.3. The Hall–Kier alpha value is -1.99. The Kier molecular flexibility index (Phi) is 46.0. The normalized spacial score (nSPS) is 28.8. The monoisotopic (exact) mass is 1240 g/mol. The summed E-state index contributed by atoms with van der Waals surface area (Å²) >= 11 is 0. The molecule has 0 bridgehead atoms. The van der Waals surface area contributed by atoms with Crippen molar-refractivity contribution in [1.82, 2.24) is 5.32 Å². The average Bonchev–Trinajstić information content (AvgIpc) is 2.87. The number of rotatable bonds is 53. The van der Waals surface area contributed by atoms with Gasteiger partial charge >= 0.3 is 0 Å². The molecule has 0 radical (unpaired) electrons. The first kappa shape index (κ1) is 79.2. The molecule has 3 rings (SSSR count). The van der Waals surface area contributed by atoms with Crippen LogP contribution in [0, 0.1) is 0 Å². The van der Waals surface area contributed by atoms with Crippen LogP contribution in [0.15, 0.2) is 36.5 Å². The van der Waals surface area contributed by atoms with Crippen molar-refractivity contribution in [1.29, 1.82) is 0 Å². The fourth-order valence-electron chi connectivity index (χ4n) is 11.7. The molecule has 0 aromatic carbocycles. The van der Waals surface area contributed by atoms with Gasteiger partial charge in [-0.15, -0.1) is 0 Å². The van der Waals surface area contributed by atoms with Gasteiger partial charge in [-0.3, -0.25) is 4.79 Å². The summed E-state index contributed by atoms with van der Waals surface area (Å²) in [6.45, 7) is 1.73. The van der Waals surface area contributed by atoms with Gasteiger partial charge in [0.05, 0.1) is 38.6 Å². The number of allylic oxidation sites excluding steroid dienone is 5. The lowest BCUT2D eigenvalue weighted by atomic mass is 9.96. The predicted octanol–water partition coefficient (Wildman–Crippen LogP) is 8.83. The SMILES string of the molecule is CCCCCCCC/C=C\CCCCCCCCCCCC(=O)NC(COC1OC(CO)C(OC2OC(CO)C(OC3OC(CO)C(O)C(O)C3O)C(O)C2O)C(O)C1O)C(O)/C=C/CC/C=C/CCCCCCCCCCCCCCCCCCC. The molecule has 3 fully saturated rings. The minimum atomic E-state index is -1.98. The lowest BCUT2D eigenvalue weighted by molar-refractivity contribution is -0.379. The van der Waals surface area contributed by atoms with E-state index in [0.29, 0.717) is 12.8 Å². The van der Waals surface area contributed by atoms with Crippen molar-refractivity contribution in [2.75, 3.05) is 26.4 Å². The van der Waals surface area contributed by atoms with E-state index in [9.17, 15) is 61.0 Å². The van der Waals surface area contributed by atoms with Gasteiger partial charge in [0.25, 0.3) is 0 Å². The average molecular weight is 1240 g/mol. The molecule has 0 spiro atoms. The topological polar surface area (TPSA) is 307 Å². The van der Waals surface area contributed by atoms with Crippen LogP contribution in [-0.2, 0) is 33.2 Å². The number of hydrogen-bond acceptors (Lipinski definition) is 18. The van der Waals surface area contributed by atoms with Gasteiger partial charge in [-0.1, -0.05) is 230 Å². The second-order valence-electron chi connectivity index (χ2n) is 25.0. The lowest BCUT2D eigenvalue weighted by Gasteiger charge is -2.48. The van der Waals surface area contributed by atoms with Crippen LogP contribution >= 0.6 is 0 Å². The first-order valence-corrected chi connectivity index (χ1v) is 34.7. The molecule has 17 atom stereocenters. The van der Waals surface area contributed by atoms with E-state index in [1.807, 2.05) is 6.08 Å². The third kappa shape index (κ3) is 32.9. The van der Waals surface area contributed by atoms with Crippen molar-refractivity contribution in [2.24, 2.45) is 0 Å². The van der Waals surface area contributed by atoms with Crippen LogP contribution in [0.2, 0.25) is 0 Å². The highest BCUT2D eigenvalue weighted by atomic mass is 16.8. The molecule has 3 aliphatic heterocycles. The number of ether oxygens (including phenoxy) is 6. The molecule has 0 aromatic rings. The van der Waals surface area contributed by atoms with Crippen LogP contribution in [0.4, 0.5) is 0 Å². The fourth-order valence-corrected chi connectivity index (χ4v) is 11.7. The standard InChI is InChI=1S/C68H125NO18/c1-3-5-7-9-11-13-15-17-19-21-23-24-25-26-28-29-31-33-35-37-39-41-43-45-52(73)51(69-56(74)46-44-42-40-38-36-34-32-30-27-22-20-18-16-14-12-10-8-6-4-2)50-82-66-62(80)59(77)64(54(48-71)84-66)87-68-63(81)60(78)65(55(49-72)85-68)86-67-61(79)58(76)57(75)53(47-70)83-67/h18,20,35,37,43,45,51-55,57-68,70-73,75-81H,3-17,19,21-34,36,38-42,44,46-50H2,1-2H3,(H,69,74)/b20-18-,37-35+,45-43+. The van der Waals surface area contributed by atoms with Crippen molar-refractivity contribution in [3.05, 3.63) is 36.5 Å². The largest absolute Gasteiger partial charge is 0.394 e. The predicted molar refractivity (Wildman–Crippen MR) is 337 cm³/mol. The molecule has 1 amide bonds. The number of unbranched alkanes of at least 4 members (excludes halogenated alkanes) is 33. The summed E-state index contributed by atoms with van der Waals surface area (Å²) in [7, 11) is 0. The molecule has 87 heavy (non-hydrogen) atoms. The summed E-state index contributed by atoms with van der Waals surface area (Å²) in [5.74, 6) is -0.286. The zero-order valence-corrected chi connectivity index (χ0v) is 53.8. The molecule has 17 unspecified atom stereocenters. The maximum absolute atomic E-state index is 13.4. The molecule has 510 valence electrons. The van der Waals surface area contributed by atoms with Gasteiger partial charge in [0.2, 0.25) is 5.91 Å². The summed E-state index contributed by atoms with van der Waals surface area (Å²) in [6.07, 6.45) is 31.2. The maximum atomic E-state index is 13.4. The Morgan fingerprint density at radius 3 is 1.15 bits per heavy atom. The molecule has 3 saturated heterocycles. The number of aliphatic hydroxyl groups is 11. The molecule has 19 heteroatoms. The highest BCUT2D eigenvalue weighted by Crippen LogP contribution is 2.33. The number of amides is 1. The zero-order valence-electron chi connectivity index (χ0n) is 53.8. The Bertz CT molecular complexity index is 1720. The number of carbonyl (C=O) groups excluding carboxylic acids is 1. The highest BCUT2D eigenvalue weighted by molar-refractivity contribution is 5.76. The molecule has 3 heterocycles. The van der Waals surface area contributed by atoms with E-state index < -0.39 is 124 Å². The summed E-state index contributed by atoms with van der Waals surface area (Å²) in [4.78, 5) is 13.4. The van der Waals surface area contributed by atoms with Crippen molar-refractivity contribution >= 4 is 5.91 Å². The smallest absolute Gasteiger partial charge is 0.220 e. The zero-order chi connectivity index (χ0) is 63.3. The maximum Gasteiger partial charge on any atom is 0.220 e. The minimum absolute atomic E-state index is 0.234. The van der Waals surface area contributed by atoms with E-state index >= 15 is 0 Å². The Labute approximate surface area is 523 Å². The second-order valence-corrected chi connectivity index (χ2v) is 25.0. The number of carbonyl (C=O) groups is 1. The third-order valence-corrected chi connectivity index (χ3v) is 17.4. The van der Waals surface area contributed by atoms with E-state index in [2.05, 4.69) is 43.5 Å². The number of hydrogen-bond donors (Lipinski definition) is 12. The van der Waals surface area contributed by atoms with Gasteiger partial charge < -0.3 is 89.9 Å². The summed E-state index contributed by atoms with van der Waals surface area (Å²) < 4.78 is 34.3. The Balaban J connectivity index is 1.46. The van der Waals surface area contributed by atoms with E-state index in [1.165, 1.54) is 173 Å². The van der Waals surface area contributed by atoms with Crippen molar-refractivity contribution in [2.45, 2.75) is 362 Å². The molecule has 0 aliphatic carbocycles. The van der Waals surface area contributed by atoms with E-state index in [1.54, 1.807) is 6.08 Å². The van der Waals surface area contributed by atoms with Crippen LogP contribution in [-0.4, -0.2) is 193 Å². The van der Waals surface area contributed by atoms with Gasteiger partial charge in [-0.25, -0.2) is 0 Å².